The minimum Gasteiger partial charge on any atom is -0.486 e. The summed E-state index contributed by atoms with van der Waals surface area (Å²) < 4.78 is 16.2. The summed E-state index contributed by atoms with van der Waals surface area (Å²) in [6.45, 7) is 3.03. The highest BCUT2D eigenvalue weighted by molar-refractivity contribution is 6.32. The molecule has 0 fully saturated rings. The first-order chi connectivity index (χ1) is 10.2. The van der Waals surface area contributed by atoms with Crippen molar-refractivity contribution in [3.63, 3.8) is 0 Å². The van der Waals surface area contributed by atoms with Gasteiger partial charge in [0, 0.05) is 6.42 Å². The normalized spacial score (nSPS) is 15.0. The lowest BCUT2D eigenvalue weighted by Crippen LogP contribution is -2.18. The maximum Gasteiger partial charge on any atom is 0.226 e. The Morgan fingerprint density at radius 1 is 1.33 bits per heavy atom. The van der Waals surface area contributed by atoms with Crippen molar-refractivity contribution in [3.05, 3.63) is 34.4 Å². The van der Waals surface area contributed by atoms with Crippen molar-refractivity contribution in [3.8, 4) is 11.5 Å². The molecule has 1 aliphatic heterocycles. The molecule has 0 bridgehead atoms. The van der Waals surface area contributed by atoms with Gasteiger partial charge < -0.3 is 19.7 Å². The highest BCUT2D eigenvalue weighted by Gasteiger charge is 2.22. The molecule has 2 aromatic rings. The molecule has 1 aliphatic rings. The van der Waals surface area contributed by atoms with E-state index < -0.39 is 6.04 Å². The number of fused-ring (bicyclic) bond motifs is 1. The van der Waals surface area contributed by atoms with Crippen LogP contribution in [0.3, 0.4) is 0 Å². The number of ether oxygens (including phenoxy) is 2. The Morgan fingerprint density at radius 3 is 2.95 bits per heavy atom. The quantitative estimate of drug-likeness (QED) is 0.934. The van der Waals surface area contributed by atoms with Gasteiger partial charge in [-0.25, -0.2) is 0 Å². The zero-order valence-electron chi connectivity index (χ0n) is 11.6. The highest BCUT2D eigenvalue weighted by atomic mass is 35.5. The van der Waals surface area contributed by atoms with Gasteiger partial charge in [-0.1, -0.05) is 23.7 Å². The number of rotatable bonds is 4. The molecular formula is C14H16ClN3O3. The SMILES string of the molecule is CCCc1nc(C(N)c2cc(Cl)c3c(c2)OCCO3)no1. The first kappa shape index (κ1) is 14.2. The summed E-state index contributed by atoms with van der Waals surface area (Å²) in [5.41, 5.74) is 6.95. The summed E-state index contributed by atoms with van der Waals surface area (Å²) in [7, 11) is 0. The highest BCUT2D eigenvalue weighted by Crippen LogP contribution is 2.39. The number of aromatic nitrogens is 2. The van der Waals surface area contributed by atoms with Gasteiger partial charge in [-0.2, -0.15) is 4.98 Å². The van der Waals surface area contributed by atoms with E-state index in [1.54, 1.807) is 12.1 Å². The van der Waals surface area contributed by atoms with Crippen LogP contribution in [0.1, 0.15) is 36.7 Å². The number of nitrogens with two attached hydrogens (primary N) is 1. The van der Waals surface area contributed by atoms with E-state index in [1.165, 1.54) is 0 Å². The van der Waals surface area contributed by atoms with Gasteiger partial charge >= 0.3 is 0 Å². The van der Waals surface area contributed by atoms with Crippen LogP contribution in [0.2, 0.25) is 5.02 Å². The zero-order chi connectivity index (χ0) is 14.8. The van der Waals surface area contributed by atoms with Gasteiger partial charge in [-0.3, -0.25) is 0 Å². The second-order valence-corrected chi connectivity index (χ2v) is 5.21. The topological polar surface area (TPSA) is 83.4 Å². The average molecular weight is 310 g/mol. The summed E-state index contributed by atoms with van der Waals surface area (Å²) >= 11 is 6.21. The Hall–Kier alpha value is -1.79. The van der Waals surface area contributed by atoms with E-state index in [9.17, 15) is 0 Å². The summed E-state index contributed by atoms with van der Waals surface area (Å²) in [6.07, 6.45) is 1.67. The number of aryl methyl sites for hydroxylation is 1. The molecule has 0 saturated carbocycles. The molecule has 3 rings (SSSR count). The molecule has 0 radical (unpaired) electrons. The Labute approximate surface area is 127 Å². The standard InChI is InChI=1S/C14H16ClN3O3/c1-2-3-11-17-14(18-21-11)12(16)8-6-9(15)13-10(7-8)19-4-5-20-13/h6-7,12H,2-5,16H2,1H3. The van der Waals surface area contributed by atoms with Gasteiger partial charge in [0.2, 0.25) is 5.89 Å². The Bertz CT molecular complexity index is 644. The van der Waals surface area contributed by atoms with Gasteiger partial charge in [0.05, 0.1) is 11.1 Å². The van der Waals surface area contributed by atoms with Crippen molar-refractivity contribution in [1.82, 2.24) is 10.1 Å². The predicted molar refractivity (Wildman–Crippen MR) is 76.8 cm³/mol. The molecule has 1 unspecified atom stereocenters. The molecule has 0 spiro atoms. The summed E-state index contributed by atoms with van der Waals surface area (Å²) in [5.74, 6) is 2.17. The lowest BCUT2D eigenvalue weighted by molar-refractivity contribution is 0.171. The minimum atomic E-state index is -0.521. The van der Waals surface area contributed by atoms with Gasteiger partial charge in [0.1, 0.15) is 13.2 Å². The lowest BCUT2D eigenvalue weighted by atomic mass is 10.1. The van der Waals surface area contributed by atoms with Crippen LogP contribution in [-0.2, 0) is 6.42 Å². The zero-order valence-corrected chi connectivity index (χ0v) is 12.4. The molecule has 1 aromatic heterocycles. The van der Waals surface area contributed by atoms with Gasteiger partial charge in [-0.05, 0) is 24.1 Å². The monoisotopic (exact) mass is 309 g/mol. The minimum absolute atomic E-state index is 0.436. The molecule has 0 amide bonds. The number of hydrogen-bond acceptors (Lipinski definition) is 6. The molecule has 0 aliphatic carbocycles. The van der Waals surface area contributed by atoms with E-state index in [0.717, 1.165) is 18.4 Å². The van der Waals surface area contributed by atoms with Crippen LogP contribution >= 0.6 is 11.6 Å². The average Bonchev–Trinajstić information content (AvgIpc) is 2.95. The molecular weight excluding hydrogens is 294 g/mol. The Kier molecular flexibility index (Phi) is 3.98. The second kappa shape index (κ2) is 5.91. The number of halogens is 1. The first-order valence-electron chi connectivity index (χ1n) is 6.86. The molecule has 112 valence electrons. The fraction of sp³-hybridized carbons (Fsp3) is 0.429. The van der Waals surface area contributed by atoms with E-state index in [2.05, 4.69) is 10.1 Å². The van der Waals surface area contributed by atoms with E-state index >= 15 is 0 Å². The molecule has 0 saturated heterocycles. The molecule has 2 N–H and O–H groups in total. The second-order valence-electron chi connectivity index (χ2n) is 4.80. The van der Waals surface area contributed by atoms with Gasteiger partial charge in [-0.15, -0.1) is 0 Å². The third kappa shape index (κ3) is 2.82. The van der Waals surface area contributed by atoms with Gasteiger partial charge in [0.15, 0.2) is 17.3 Å². The summed E-state index contributed by atoms with van der Waals surface area (Å²) in [5, 5.41) is 4.39. The number of nitrogens with zero attached hydrogens (tertiary/aromatic N) is 2. The number of benzene rings is 1. The van der Waals surface area contributed by atoms with E-state index in [-0.39, 0.29) is 0 Å². The molecule has 6 nitrogen and oxygen atoms in total. The van der Waals surface area contributed by atoms with Gasteiger partial charge in [0.25, 0.3) is 0 Å². The van der Waals surface area contributed by atoms with Crippen LogP contribution in [0.25, 0.3) is 0 Å². The Balaban J connectivity index is 1.90. The summed E-state index contributed by atoms with van der Waals surface area (Å²) in [6, 6.07) is 3.03. The van der Waals surface area contributed by atoms with Crippen LogP contribution in [-0.4, -0.2) is 23.4 Å². The predicted octanol–water partition coefficient (Wildman–Crippen LogP) is 2.49. The molecule has 21 heavy (non-hydrogen) atoms. The van der Waals surface area contributed by atoms with Crippen molar-refractivity contribution < 1.29 is 14.0 Å². The van der Waals surface area contributed by atoms with Crippen molar-refractivity contribution in [2.24, 2.45) is 5.73 Å². The van der Waals surface area contributed by atoms with Crippen molar-refractivity contribution in [1.29, 1.82) is 0 Å². The number of hydrogen-bond donors (Lipinski definition) is 1. The Morgan fingerprint density at radius 2 is 2.14 bits per heavy atom. The fourth-order valence-corrected chi connectivity index (χ4v) is 2.44. The first-order valence-corrected chi connectivity index (χ1v) is 7.24. The van der Waals surface area contributed by atoms with Crippen molar-refractivity contribution in [2.75, 3.05) is 13.2 Å². The maximum absolute atomic E-state index is 6.21. The smallest absolute Gasteiger partial charge is 0.226 e. The lowest BCUT2D eigenvalue weighted by Gasteiger charge is -2.21. The third-order valence-corrected chi connectivity index (χ3v) is 3.48. The maximum atomic E-state index is 6.21. The van der Waals surface area contributed by atoms with Crippen molar-refractivity contribution in [2.45, 2.75) is 25.8 Å². The van der Waals surface area contributed by atoms with E-state index in [4.69, 9.17) is 31.3 Å². The van der Waals surface area contributed by atoms with Crippen LogP contribution in [0, 0.1) is 0 Å². The molecule has 7 heteroatoms. The van der Waals surface area contributed by atoms with Crippen LogP contribution in [0.15, 0.2) is 16.7 Å². The van der Waals surface area contributed by atoms with E-state index in [1.807, 2.05) is 6.92 Å². The fourth-order valence-electron chi connectivity index (χ4n) is 2.17. The third-order valence-electron chi connectivity index (χ3n) is 3.20. The van der Waals surface area contributed by atoms with E-state index in [0.29, 0.717) is 41.5 Å². The molecule has 1 atom stereocenters. The largest absolute Gasteiger partial charge is 0.486 e. The molecule has 2 heterocycles. The van der Waals surface area contributed by atoms with Crippen LogP contribution in [0.4, 0.5) is 0 Å². The van der Waals surface area contributed by atoms with Crippen LogP contribution < -0.4 is 15.2 Å². The summed E-state index contributed by atoms with van der Waals surface area (Å²) in [4.78, 5) is 4.30. The van der Waals surface area contributed by atoms with Crippen molar-refractivity contribution >= 4 is 11.6 Å². The van der Waals surface area contributed by atoms with Crippen LogP contribution in [0.5, 0.6) is 11.5 Å². The molecule has 1 aromatic carbocycles.